The smallest absolute Gasteiger partial charge is 0.312 e. The lowest BCUT2D eigenvalue weighted by molar-refractivity contribution is -0.384. The van der Waals surface area contributed by atoms with Gasteiger partial charge in [0, 0.05) is 35.5 Å². The third-order valence-electron chi connectivity index (χ3n) is 3.68. The highest BCUT2D eigenvalue weighted by Crippen LogP contribution is 2.31. The zero-order valence-corrected chi connectivity index (χ0v) is 14.9. The molecule has 0 aliphatic carbocycles. The van der Waals surface area contributed by atoms with Gasteiger partial charge >= 0.3 is 5.69 Å². The van der Waals surface area contributed by atoms with E-state index in [1.54, 1.807) is 18.3 Å². The summed E-state index contributed by atoms with van der Waals surface area (Å²) in [5, 5.41) is 11.8. The van der Waals surface area contributed by atoms with Crippen molar-refractivity contribution in [1.29, 1.82) is 0 Å². The molecule has 7 nitrogen and oxygen atoms in total. The lowest BCUT2D eigenvalue weighted by Crippen LogP contribution is -2.42. The zero-order valence-electron chi connectivity index (χ0n) is 12.6. The number of hydrogen-bond acceptors (Lipinski definition) is 6. The largest absolute Gasteiger partial charge is 0.472 e. The summed E-state index contributed by atoms with van der Waals surface area (Å²) in [6.45, 7) is 1.21. The van der Waals surface area contributed by atoms with Crippen molar-refractivity contribution < 1.29 is 9.66 Å². The van der Waals surface area contributed by atoms with E-state index in [0.717, 1.165) is 12.8 Å². The molecule has 9 heteroatoms. The molecule has 1 atom stereocenters. The number of anilines is 1. The predicted molar refractivity (Wildman–Crippen MR) is 93.7 cm³/mol. The number of rotatable bonds is 4. The van der Waals surface area contributed by atoms with Gasteiger partial charge in [-0.25, -0.2) is 9.97 Å². The van der Waals surface area contributed by atoms with Crippen molar-refractivity contribution in [3.05, 3.63) is 50.2 Å². The van der Waals surface area contributed by atoms with Crippen LogP contribution < -0.4 is 9.64 Å². The van der Waals surface area contributed by atoms with Crippen LogP contribution in [-0.2, 0) is 0 Å². The minimum absolute atomic E-state index is 0.0188. The van der Waals surface area contributed by atoms with Gasteiger partial charge in [0.15, 0.2) is 0 Å². The molecule has 2 aromatic heterocycles. The number of ether oxygens (including phenoxy) is 1. The van der Waals surface area contributed by atoms with E-state index in [2.05, 4.69) is 25.9 Å². The molecule has 2 aromatic rings. The molecular weight excluding hydrogens is 400 g/mol. The number of nitro groups is 1. The summed E-state index contributed by atoms with van der Waals surface area (Å²) in [6, 6.07) is 4.89. The molecule has 1 saturated heterocycles. The van der Waals surface area contributed by atoms with Crippen LogP contribution in [0, 0.1) is 10.1 Å². The van der Waals surface area contributed by atoms with Gasteiger partial charge < -0.3 is 9.64 Å². The maximum atomic E-state index is 11.3. The molecule has 0 bridgehead atoms. The molecule has 3 heterocycles. The van der Waals surface area contributed by atoms with Crippen molar-refractivity contribution in [3.63, 3.8) is 0 Å². The van der Waals surface area contributed by atoms with E-state index in [4.69, 9.17) is 16.3 Å². The molecule has 0 N–H and O–H groups in total. The highest BCUT2D eigenvalue weighted by Gasteiger charge is 2.28. The van der Waals surface area contributed by atoms with Crippen molar-refractivity contribution in [1.82, 2.24) is 9.97 Å². The molecular formula is C15H14BrClN4O3. The van der Waals surface area contributed by atoms with Crippen LogP contribution in [-0.4, -0.2) is 34.1 Å². The summed E-state index contributed by atoms with van der Waals surface area (Å²) >= 11 is 9.04. The first kappa shape index (κ1) is 16.9. The maximum absolute atomic E-state index is 11.3. The van der Waals surface area contributed by atoms with Crippen LogP contribution >= 0.6 is 27.5 Å². The molecule has 0 aromatic carbocycles. The standard InChI is InChI=1S/C15H14BrClN4O3/c16-10-6-13(21(22)23)15(19-7-10)20-5-1-2-12(9-20)24-14-4-3-11(17)8-18-14/h3-4,6-8,12H,1-2,5,9H2. The van der Waals surface area contributed by atoms with Gasteiger partial charge in [-0.2, -0.15) is 0 Å². The van der Waals surface area contributed by atoms with Crippen LogP contribution in [0.4, 0.5) is 11.5 Å². The summed E-state index contributed by atoms with van der Waals surface area (Å²) in [6.07, 6.45) is 4.68. The quantitative estimate of drug-likeness (QED) is 0.559. The third-order valence-corrected chi connectivity index (χ3v) is 4.33. The lowest BCUT2D eigenvalue weighted by Gasteiger charge is -2.33. The zero-order chi connectivity index (χ0) is 17.1. The SMILES string of the molecule is O=[N+]([O-])c1cc(Br)cnc1N1CCCC(Oc2ccc(Cl)cn2)C1. The second kappa shape index (κ2) is 7.31. The molecule has 126 valence electrons. The van der Waals surface area contributed by atoms with E-state index in [0.29, 0.717) is 34.3 Å². The first-order chi connectivity index (χ1) is 11.5. The van der Waals surface area contributed by atoms with Gasteiger partial charge in [0.1, 0.15) is 6.10 Å². The third kappa shape index (κ3) is 3.93. The van der Waals surface area contributed by atoms with Crippen LogP contribution in [0.25, 0.3) is 0 Å². The summed E-state index contributed by atoms with van der Waals surface area (Å²) in [4.78, 5) is 21.1. The predicted octanol–water partition coefficient (Wildman–Crippen LogP) is 3.85. The summed E-state index contributed by atoms with van der Waals surface area (Å²) in [5.41, 5.74) is -0.0188. The normalized spacial score (nSPS) is 17.6. The first-order valence-electron chi connectivity index (χ1n) is 7.36. The summed E-state index contributed by atoms with van der Waals surface area (Å²) in [7, 11) is 0. The Hall–Kier alpha value is -1.93. The number of aromatic nitrogens is 2. The average Bonchev–Trinajstić information content (AvgIpc) is 2.57. The number of halogens is 2. The molecule has 1 aliphatic rings. The minimum Gasteiger partial charge on any atom is -0.472 e. The van der Waals surface area contributed by atoms with E-state index in [1.165, 1.54) is 12.3 Å². The fourth-order valence-electron chi connectivity index (χ4n) is 2.63. The number of piperidine rings is 1. The van der Waals surface area contributed by atoms with E-state index < -0.39 is 4.92 Å². The van der Waals surface area contributed by atoms with Gasteiger partial charge in [-0.3, -0.25) is 10.1 Å². The van der Waals surface area contributed by atoms with Crippen LogP contribution in [0.15, 0.2) is 35.1 Å². The van der Waals surface area contributed by atoms with Gasteiger partial charge in [-0.1, -0.05) is 11.6 Å². The Labute approximate surface area is 151 Å². The molecule has 0 radical (unpaired) electrons. The topological polar surface area (TPSA) is 81.4 Å². The highest BCUT2D eigenvalue weighted by molar-refractivity contribution is 9.10. The van der Waals surface area contributed by atoms with E-state index in [1.807, 2.05) is 4.90 Å². The molecule has 1 fully saturated rings. The van der Waals surface area contributed by atoms with Gasteiger partial charge in [-0.15, -0.1) is 0 Å². The fourth-order valence-corrected chi connectivity index (χ4v) is 3.06. The van der Waals surface area contributed by atoms with Crippen molar-refractivity contribution in [2.75, 3.05) is 18.0 Å². The molecule has 1 aliphatic heterocycles. The van der Waals surface area contributed by atoms with Crippen molar-refractivity contribution >= 4 is 39.0 Å². The fraction of sp³-hybridized carbons (Fsp3) is 0.333. The van der Waals surface area contributed by atoms with Gasteiger partial charge in [0.05, 0.1) is 16.5 Å². The van der Waals surface area contributed by atoms with Crippen molar-refractivity contribution in [2.45, 2.75) is 18.9 Å². The molecule has 3 rings (SSSR count). The van der Waals surface area contributed by atoms with Gasteiger partial charge in [0.2, 0.25) is 11.7 Å². The monoisotopic (exact) mass is 412 g/mol. The van der Waals surface area contributed by atoms with Crippen molar-refractivity contribution in [2.24, 2.45) is 0 Å². The van der Waals surface area contributed by atoms with Gasteiger partial charge in [0.25, 0.3) is 0 Å². The van der Waals surface area contributed by atoms with E-state index >= 15 is 0 Å². The first-order valence-corrected chi connectivity index (χ1v) is 8.53. The van der Waals surface area contributed by atoms with E-state index in [9.17, 15) is 10.1 Å². The Morgan fingerprint density at radius 3 is 2.92 bits per heavy atom. The number of hydrogen-bond donors (Lipinski definition) is 0. The van der Waals surface area contributed by atoms with E-state index in [-0.39, 0.29) is 11.8 Å². The Morgan fingerprint density at radius 1 is 1.38 bits per heavy atom. The maximum Gasteiger partial charge on any atom is 0.312 e. The lowest BCUT2D eigenvalue weighted by atomic mass is 10.1. The molecule has 0 saturated carbocycles. The van der Waals surface area contributed by atoms with Crippen molar-refractivity contribution in [3.8, 4) is 5.88 Å². The molecule has 0 amide bonds. The minimum atomic E-state index is -0.418. The Bertz CT molecular complexity index is 744. The Morgan fingerprint density at radius 2 is 2.21 bits per heavy atom. The number of nitrogens with zero attached hydrogens (tertiary/aromatic N) is 4. The van der Waals surface area contributed by atoms with Crippen LogP contribution in [0.1, 0.15) is 12.8 Å². The Balaban J connectivity index is 1.76. The van der Waals surface area contributed by atoms with Crippen LogP contribution in [0.3, 0.4) is 0 Å². The molecule has 1 unspecified atom stereocenters. The average molecular weight is 414 g/mol. The molecule has 24 heavy (non-hydrogen) atoms. The van der Waals surface area contributed by atoms with Crippen LogP contribution in [0.2, 0.25) is 5.02 Å². The highest BCUT2D eigenvalue weighted by atomic mass is 79.9. The Kier molecular flexibility index (Phi) is 5.15. The number of pyridine rings is 2. The summed E-state index contributed by atoms with van der Waals surface area (Å²) < 4.78 is 6.44. The summed E-state index contributed by atoms with van der Waals surface area (Å²) in [5.74, 6) is 0.852. The second-order valence-electron chi connectivity index (χ2n) is 5.40. The second-order valence-corrected chi connectivity index (χ2v) is 6.75. The van der Waals surface area contributed by atoms with Gasteiger partial charge in [-0.05, 0) is 34.8 Å². The molecule has 0 spiro atoms. The van der Waals surface area contributed by atoms with Crippen LogP contribution in [0.5, 0.6) is 5.88 Å².